The first-order chi connectivity index (χ1) is 11.1. The Balaban J connectivity index is 1.44. The summed E-state index contributed by atoms with van der Waals surface area (Å²) in [5.41, 5.74) is 2.50. The summed E-state index contributed by atoms with van der Waals surface area (Å²) in [5.74, 6) is 0.835. The maximum atomic E-state index is 12.5. The Morgan fingerprint density at radius 2 is 2.17 bits per heavy atom. The minimum atomic E-state index is -0.0272. The number of ether oxygens (including phenoxy) is 1. The van der Waals surface area contributed by atoms with E-state index in [1.165, 1.54) is 19.3 Å². The van der Waals surface area contributed by atoms with Crippen molar-refractivity contribution >= 4 is 16.9 Å². The molecule has 122 valence electrons. The van der Waals surface area contributed by atoms with Crippen LogP contribution in [0.25, 0.3) is 11.0 Å². The third kappa shape index (κ3) is 2.85. The number of nitrogens with one attached hydrogen (secondary N) is 2. The zero-order chi connectivity index (χ0) is 15.9. The number of aryl methyl sites for hydroxylation is 1. The molecule has 1 unspecified atom stereocenters. The van der Waals surface area contributed by atoms with Gasteiger partial charge in [-0.2, -0.15) is 0 Å². The predicted molar refractivity (Wildman–Crippen MR) is 88.5 cm³/mol. The third-order valence-electron chi connectivity index (χ3n) is 5.17. The Bertz CT molecular complexity index is 731. The molecule has 1 atom stereocenters. The highest BCUT2D eigenvalue weighted by Gasteiger charge is 2.41. The number of fused-ring (bicyclic) bond motifs is 1. The highest BCUT2D eigenvalue weighted by molar-refractivity contribution is 5.97. The number of aromatic amines is 1. The Labute approximate surface area is 135 Å². The molecule has 2 heterocycles. The van der Waals surface area contributed by atoms with Crippen molar-refractivity contribution in [3.8, 4) is 0 Å². The molecule has 1 aromatic heterocycles. The van der Waals surface area contributed by atoms with E-state index in [4.69, 9.17) is 4.74 Å². The fraction of sp³-hybridized carbons (Fsp3) is 0.556. The Hall–Kier alpha value is -1.88. The van der Waals surface area contributed by atoms with E-state index >= 15 is 0 Å². The molecule has 1 amide bonds. The molecule has 1 aliphatic carbocycles. The highest BCUT2D eigenvalue weighted by Crippen LogP contribution is 2.39. The van der Waals surface area contributed by atoms with Gasteiger partial charge in [-0.25, -0.2) is 4.98 Å². The van der Waals surface area contributed by atoms with Crippen LogP contribution in [0.15, 0.2) is 18.2 Å². The van der Waals surface area contributed by atoms with Gasteiger partial charge in [0.15, 0.2) is 0 Å². The summed E-state index contributed by atoms with van der Waals surface area (Å²) in [6.45, 7) is 2.55. The van der Waals surface area contributed by atoms with Crippen LogP contribution in [0.3, 0.4) is 0 Å². The quantitative estimate of drug-likeness (QED) is 0.895. The van der Waals surface area contributed by atoms with Crippen LogP contribution in [0.4, 0.5) is 0 Å². The summed E-state index contributed by atoms with van der Waals surface area (Å²) in [4.78, 5) is 20.1. The van der Waals surface area contributed by atoms with Crippen molar-refractivity contribution in [2.45, 2.75) is 57.1 Å². The number of hydrogen-bond donors (Lipinski definition) is 2. The van der Waals surface area contributed by atoms with E-state index in [2.05, 4.69) is 15.3 Å². The van der Waals surface area contributed by atoms with Gasteiger partial charge in [-0.05, 0) is 44.4 Å². The van der Waals surface area contributed by atoms with E-state index in [1.54, 1.807) is 0 Å². The first-order valence-corrected chi connectivity index (χ1v) is 8.55. The molecule has 5 nitrogen and oxygen atoms in total. The molecular formula is C18H23N3O2. The van der Waals surface area contributed by atoms with E-state index in [-0.39, 0.29) is 17.6 Å². The molecule has 4 rings (SSSR count). The van der Waals surface area contributed by atoms with E-state index in [0.717, 1.165) is 36.1 Å². The van der Waals surface area contributed by atoms with Crippen molar-refractivity contribution in [2.24, 2.45) is 0 Å². The molecule has 1 aliphatic heterocycles. The second-order valence-electron chi connectivity index (χ2n) is 6.98. The standard InChI is InChI=1S/C18H23N3O2/c1-12-19-15-6-5-13(9-16(15)20-12)17(22)21-14-10-18(23-11-14)7-3-2-4-8-18/h5-6,9,14H,2-4,7-8,10-11H2,1H3,(H,19,20)(H,21,22). The van der Waals surface area contributed by atoms with Crippen molar-refractivity contribution in [3.63, 3.8) is 0 Å². The molecular weight excluding hydrogens is 290 g/mol. The van der Waals surface area contributed by atoms with Crippen LogP contribution in [0, 0.1) is 6.92 Å². The number of amides is 1. The topological polar surface area (TPSA) is 67.0 Å². The lowest BCUT2D eigenvalue weighted by Crippen LogP contribution is -2.37. The zero-order valence-electron chi connectivity index (χ0n) is 13.5. The normalized spacial score (nSPS) is 23.4. The van der Waals surface area contributed by atoms with Crippen molar-refractivity contribution < 1.29 is 9.53 Å². The fourth-order valence-electron chi connectivity index (χ4n) is 4.03. The maximum Gasteiger partial charge on any atom is 0.251 e. The molecule has 0 radical (unpaired) electrons. The number of carbonyl (C=O) groups is 1. The van der Waals surface area contributed by atoms with Crippen LogP contribution >= 0.6 is 0 Å². The molecule has 1 aromatic carbocycles. The third-order valence-corrected chi connectivity index (χ3v) is 5.17. The average Bonchev–Trinajstić information content (AvgIpc) is 3.10. The number of benzene rings is 1. The van der Waals surface area contributed by atoms with Crippen LogP contribution in [0.1, 0.15) is 54.7 Å². The van der Waals surface area contributed by atoms with Crippen LogP contribution in [-0.4, -0.2) is 34.1 Å². The number of aromatic nitrogens is 2. The van der Waals surface area contributed by atoms with Gasteiger partial charge in [-0.1, -0.05) is 19.3 Å². The molecule has 23 heavy (non-hydrogen) atoms. The van der Waals surface area contributed by atoms with Crippen LogP contribution < -0.4 is 5.32 Å². The molecule has 2 aromatic rings. The van der Waals surface area contributed by atoms with Gasteiger partial charge < -0.3 is 15.0 Å². The molecule has 2 aliphatic rings. The number of H-pyrrole nitrogens is 1. The van der Waals surface area contributed by atoms with Crippen molar-refractivity contribution in [3.05, 3.63) is 29.6 Å². The lowest BCUT2D eigenvalue weighted by Gasteiger charge is -2.32. The minimum Gasteiger partial charge on any atom is -0.373 e. The first kappa shape index (κ1) is 14.7. The minimum absolute atomic E-state index is 0.0272. The lowest BCUT2D eigenvalue weighted by atomic mass is 9.82. The van der Waals surface area contributed by atoms with E-state index in [0.29, 0.717) is 12.2 Å². The maximum absolute atomic E-state index is 12.5. The number of imidazole rings is 1. The molecule has 2 fully saturated rings. The smallest absolute Gasteiger partial charge is 0.251 e. The van der Waals surface area contributed by atoms with Gasteiger partial charge in [0.25, 0.3) is 5.91 Å². The highest BCUT2D eigenvalue weighted by atomic mass is 16.5. The van der Waals surface area contributed by atoms with Crippen LogP contribution in [-0.2, 0) is 4.74 Å². The van der Waals surface area contributed by atoms with Crippen molar-refractivity contribution in [2.75, 3.05) is 6.61 Å². The fourth-order valence-corrected chi connectivity index (χ4v) is 4.03. The molecule has 0 bridgehead atoms. The van der Waals surface area contributed by atoms with Crippen molar-refractivity contribution in [1.29, 1.82) is 0 Å². The molecule has 1 saturated heterocycles. The van der Waals surface area contributed by atoms with Crippen molar-refractivity contribution in [1.82, 2.24) is 15.3 Å². The average molecular weight is 313 g/mol. The second-order valence-corrected chi connectivity index (χ2v) is 6.98. The summed E-state index contributed by atoms with van der Waals surface area (Å²) in [6, 6.07) is 5.72. The second kappa shape index (κ2) is 5.64. The van der Waals surface area contributed by atoms with Gasteiger partial charge in [-0.15, -0.1) is 0 Å². The lowest BCUT2D eigenvalue weighted by molar-refractivity contribution is -0.0246. The number of hydrogen-bond acceptors (Lipinski definition) is 3. The van der Waals surface area contributed by atoms with E-state index < -0.39 is 0 Å². The van der Waals surface area contributed by atoms with E-state index in [9.17, 15) is 4.79 Å². The monoisotopic (exact) mass is 313 g/mol. The summed E-state index contributed by atoms with van der Waals surface area (Å²) < 4.78 is 6.07. The predicted octanol–water partition coefficient (Wildman–Crippen LogP) is 3.09. The van der Waals surface area contributed by atoms with Crippen LogP contribution in [0.2, 0.25) is 0 Å². The largest absolute Gasteiger partial charge is 0.373 e. The SMILES string of the molecule is Cc1nc2ccc(C(=O)NC3COC4(CCCCC4)C3)cc2[nH]1. The molecule has 1 spiro atoms. The van der Waals surface area contributed by atoms with Gasteiger partial charge in [0.2, 0.25) is 0 Å². The van der Waals surface area contributed by atoms with Gasteiger partial charge in [0, 0.05) is 5.56 Å². The Kier molecular flexibility index (Phi) is 3.60. The van der Waals surface area contributed by atoms with Gasteiger partial charge in [0.1, 0.15) is 5.82 Å². The summed E-state index contributed by atoms with van der Waals surface area (Å²) in [5, 5.41) is 3.14. The molecule has 1 saturated carbocycles. The van der Waals surface area contributed by atoms with E-state index in [1.807, 2.05) is 25.1 Å². The Morgan fingerprint density at radius 3 is 3.00 bits per heavy atom. The number of rotatable bonds is 2. The summed E-state index contributed by atoms with van der Waals surface area (Å²) in [6.07, 6.45) is 7.03. The summed E-state index contributed by atoms with van der Waals surface area (Å²) in [7, 11) is 0. The first-order valence-electron chi connectivity index (χ1n) is 8.55. The molecule has 2 N–H and O–H groups in total. The summed E-state index contributed by atoms with van der Waals surface area (Å²) >= 11 is 0. The van der Waals surface area contributed by atoms with Gasteiger partial charge in [0.05, 0.1) is 29.3 Å². The zero-order valence-corrected chi connectivity index (χ0v) is 13.5. The van der Waals surface area contributed by atoms with Crippen LogP contribution in [0.5, 0.6) is 0 Å². The number of nitrogens with zero attached hydrogens (tertiary/aromatic N) is 1. The Morgan fingerprint density at radius 1 is 1.35 bits per heavy atom. The van der Waals surface area contributed by atoms with Gasteiger partial charge in [-0.3, -0.25) is 4.79 Å². The number of carbonyl (C=O) groups excluding carboxylic acids is 1. The molecule has 5 heteroatoms. The van der Waals surface area contributed by atoms with Gasteiger partial charge >= 0.3 is 0 Å².